The Bertz CT molecular complexity index is 555. The zero-order valence-corrected chi connectivity index (χ0v) is 15.9. The molecule has 5 heteroatoms. The van der Waals surface area contributed by atoms with E-state index < -0.39 is 24.3 Å². The van der Waals surface area contributed by atoms with Crippen molar-refractivity contribution in [3.63, 3.8) is 0 Å². The van der Waals surface area contributed by atoms with Gasteiger partial charge in [0.2, 0.25) is 0 Å². The predicted molar refractivity (Wildman–Crippen MR) is 109 cm³/mol. The van der Waals surface area contributed by atoms with Gasteiger partial charge in [0.25, 0.3) is 0 Å². The summed E-state index contributed by atoms with van der Waals surface area (Å²) in [5.74, 6) is -0.831. The number of hydrogen-bond acceptors (Lipinski definition) is 4. The molecule has 150 valence electrons. The zero-order chi connectivity index (χ0) is 20.3. The summed E-state index contributed by atoms with van der Waals surface area (Å²) in [5.41, 5.74) is 0. The number of carboxylic acids is 1. The highest BCUT2D eigenvalue weighted by Crippen LogP contribution is 2.03. The van der Waals surface area contributed by atoms with Crippen molar-refractivity contribution in [2.75, 3.05) is 0 Å². The van der Waals surface area contributed by atoms with Gasteiger partial charge in [0, 0.05) is 6.42 Å². The maximum Gasteiger partial charge on any atom is 0.303 e. The van der Waals surface area contributed by atoms with Crippen molar-refractivity contribution in [1.29, 1.82) is 0 Å². The zero-order valence-electron chi connectivity index (χ0n) is 15.9. The van der Waals surface area contributed by atoms with Gasteiger partial charge < -0.3 is 20.4 Å². The molecule has 0 heterocycles. The summed E-state index contributed by atoms with van der Waals surface area (Å²) < 4.78 is 0. The Balaban J connectivity index is 4.03. The van der Waals surface area contributed by atoms with Crippen LogP contribution in [0, 0.1) is 0 Å². The molecule has 5 nitrogen and oxygen atoms in total. The Labute approximate surface area is 162 Å². The quantitative estimate of drug-likeness (QED) is 0.275. The first-order valence-corrected chi connectivity index (χ1v) is 9.21. The lowest BCUT2D eigenvalue weighted by atomic mass is 10.1. The van der Waals surface area contributed by atoms with Crippen molar-refractivity contribution in [3.05, 3.63) is 72.9 Å². The van der Waals surface area contributed by atoms with Crippen LogP contribution in [0.2, 0.25) is 0 Å². The second-order valence-electron chi connectivity index (χ2n) is 5.92. The molecule has 0 amide bonds. The van der Waals surface area contributed by atoms with Gasteiger partial charge in [0.05, 0.1) is 18.3 Å². The molecule has 0 saturated heterocycles. The van der Waals surface area contributed by atoms with Crippen molar-refractivity contribution in [1.82, 2.24) is 0 Å². The van der Waals surface area contributed by atoms with E-state index >= 15 is 0 Å². The summed E-state index contributed by atoms with van der Waals surface area (Å²) in [6.07, 6.45) is 21.0. The summed E-state index contributed by atoms with van der Waals surface area (Å²) in [7, 11) is 0. The Hall–Kier alpha value is -2.21. The largest absolute Gasteiger partial charge is 0.481 e. The normalized spacial score (nSPS) is 16.6. The molecule has 0 aromatic heterocycles. The van der Waals surface area contributed by atoms with Crippen LogP contribution in [-0.4, -0.2) is 44.7 Å². The minimum atomic E-state index is -0.904. The maximum absolute atomic E-state index is 10.3. The lowest BCUT2D eigenvalue weighted by Crippen LogP contribution is -2.22. The fraction of sp³-hybridized carbons (Fsp3) is 0.409. The first kappa shape index (κ1) is 24.8. The van der Waals surface area contributed by atoms with E-state index in [1.807, 2.05) is 19.1 Å². The van der Waals surface area contributed by atoms with Gasteiger partial charge in [-0.05, 0) is 25.7 Å². The van der Waals surface area contributed by atoms with Gasteiger partial charge in [-0.25, -0.2) is 0 Å². The Kier molecular flexibility index (Phi) is 15.8. The number of carbonyl (C=O) groups is 1. The van der Waals surface area contributed by atoms with Crippen molar-refractivity contribution >= 4 is 5.97 Å². The molecular weight excluding hydrogens is 344 g/mol. The first-order chi connectivity index (χ1) is 13.0. The fourth-order valence-electron chi connectivity index (χ4n) is 1.94. The van der Waals surface area contributed by atoms with E-state index in [1.54, 1.807) is 54.7 Å². The Morgan fingerprint density at radius 3 is 2.04 bits per heavy atom. The standard InChI is InChI=1S/C22H32O5/c1-2-3-9-16-20(24)21(25)17-12-7-5-4-6-10-14-19(23)15-11-8-13-18-22(26)27/h3-12,14,17,19-21,23-25H,2,13,15-16,18H2,1H3,(H,26,27)/t19-,20-,21-/m1/s1. The molecule has 0 aromatic carbocycles. The number of hydrogen-bond donors (Lipinski definition) is 4. The van der Waals surface area contributed by atoms with E-state index in [-0.39, 0.29) is 6.42 Å². The number of allylic oxidation sites excluding steroid dienone is 8. The molecule has 0 rings (SSSR count). The van der Waals surface area contributed by atoms with Crippen molar-refractivity contribution < 1.29 is 25.2 Å². The molecule has 0 spiro atoms. The number of rotatable bonds is 14. The van der Waals surface area contributed by atoms with Crippen LogP contribution < -0.4 is 0 Å². The van der Waals surface area contributed by atoms with Gasteiger partial charge in [-0.15, -0.1) is 0 Å². The first-order valence-electron chi connectivity index (χ1n) is 9.21. The van der Waals surface area contributed by atoms with Gasteiger partial charge in [0.1, 0.15) is 0 Å². The number of aliphatic hydroxyl groups is 3. The van der Waals surface area contributed by atoms with E-state index in [9.17, 15) is 20.1 Å². The lowest BCUT2D eigenvalue weighted by molar-refractivity contribution is -0.136. The van der Waals surface area contributed by atoms with Crippen LogP contribution in [0.5, 0.6) is 0 Å². The van der Waals surface area contributed by atoms with Crippen LogP contribution >= 0.6 is 0 Å². The van der Waals surface area contributed by atoms with E-state index in [0.29, 0.717) is 19.3 Å². The molecule has 0 aliphatic rings. The summed E-state index contributed by atoms with van der Waals surface area (Å²) in [4.78, 5) is 10.3. The number of aliphatic carboxylic acids is 1. The third-order valence-corrected chi connectivity index (χ3v) is 3.44. The Morgan fingerprint density at radius 1 is 0.815 bits per heavy atom. The third kappa shape index (κ3) is 17.0. The molecule has 0 bridgehead atoms. The monoisotopic (exact) mass is 376 g/mol. The molecule has 0 saturated carbocycles. The van der Waals surface area contributed by atoms with Gasteiger partial charge in [-0.2, -0.15) is 0 Å². The summed E-state index contributed by atoms with van der Waals surface area (Å²) in [6, 6.07) is 0. The van der Waals surface area contributed by atoms with E-state index in [4.69, 9.17) is 5.11 Å². The summed E-state index contributed by atoms with van der Waals surface area (Å²) >= 11 is 0. The average molecular weight is 376 g/mol. The van der Waals surface area contributed by atoms with Crippen LogP contribution in [-0.2, 0) is 4.79 Å². The number of aliphatic hydroxyl groups excluding tert-OH is 3. The molecule has 0 aliphatic heterocycles. The predicted octanol–water partition coefficient (Wildman–Crippen LogP) is 3.46. The van der Waals surface area contributed by atoms with Crippen molar-refractivity contribution in [2.45, 2.75) is 57.3 Å². The Morgan fingerprint density at radius 2 is 1.41 bits per heavy atom. The van der Waals surface area contributed by atoms with Gasteiger partial charge in [-0.1, -0.05) is 79.8 Å². The van der Waals surface area contributed by atoms with Crippen LogP contribution in [0.25, 0.3) is 0 Å². The lowest BCUT2D eigenvalue weighted by Gasteiger charge is -2.11. The van der Waals surface area contributed by atoms with Gasteiger partial charge >= 0.3 is 5.97 Å². The minimum absolute atomic E-state index is 0.0951. The van der Waals surface area contributed by atoms with Crippen LogP contribution in [0.15, 0.2) is 72.9 Å². The van der Waals surface area contributed by atoms with E-state index in [2.05, 4.69) is 0 Å². The maximum atomic E-state index is 10.3. The van der Waals surface area contributed by atoms with E-state index in [1.165, 1.54) is 6.08 Å². The summed E-state index contributed by atoms with van der Waals surface area (Å²) in [5, 5.41) is 37.7. The average Bonchev–Trinajstić information content (AvgIpc) is 2.63. The second-order valence-corrected chi connectivity index (χ2v) is 5.92. The van der Waals surface area contributed by atoms with Crippen LogP contribution in [0.4, 0.5) is 0 Å². The topological polar surface area (TPSA) is 98.0 Å². The number of carboxylic acid groups (broad SMARTS) is 1. The molecule has 0 unspecified atom stereocenters. The molecule has 0 fully saturated rings. The molecule has 0 aromatic rings. The summed E-state index contributed by atoms with van der Waals surface area (Å²) in [6.45, 7) is 2.01. The molecule has 0 radical (unpaired) electrons. The highest BCUT2D eigenvalue weighted by Gasteiger charge is 2.10. The minimum Gasteiger partial charge on any atom is -0.481 e. The fourth-order valence-corrected chi connectivity index (χ4v) is 1.94. The van der Waals surface area contributed by atoms with Gasteiger partial charge in [-0.3, -0.25) is 4.79 Å². The molecule has 3 atom stereocenters. The molecular formula is C22H32O5. The second kappa shape index (κ2) is 17.2. The SMILES string of the molecule is CCC=CC[C@@H](O)[C@H](O)C=CC=CC=CC=C[C@@H](O)CC=CCCC(=O)O. The third-order valence-electron chi connectivity index (χ3n) is 3.44. The highest BCUT2D eigenvalue weighted by molar-refractivity contribution is 5.66. The molecule has 4 N–H and O–H groups in total. The van der Waals surface area contributed by atoms with Crippen LogP contribution in [0.1, 0.15) is 39.0 Å². The molecule has 27 heavy (non-hydrogen) atoms. The van der Waals surface area contributed by atoms with Gasteiger partial charge in [0.15, 0.2) is 0 Å². The molecule has 0 aliphatic carbocycles. The van der Waals surface area contributed by atoms with Crippen molar-refractivity contribution in [2.24, 2.45) is 0 Å². The van der Waals surface area contributed by atoms with Crippen LogP contribution in [0.3, 0.4) is 0 Å². The van der Waals surface area contributed by atoms with E-state index in [0.717, 1.165) is 6.42 Å². The highest BCUT2D eigenvalue weighted by atomic mass is 16.4. The smallest absolute Gasteiger partial charge is 0.303 e. The van der Waals surface area contributed by atoms with Crippen molar-refractivity contribution in [3.8, 4) is 0 Å².